The number of hydrogen-bond donors (Lipinski definition) is 0. The highest BCUT2D eigenvalue weighted by Crippen LogP contribution is 2.36. The number of rotatable bonds is 3. The molecule has 0 amide bonds. The SMILES string of the molecule is COC(c1nc(C(C)=O)cs1)C(C)(C)C. The number of aromatic nitrogens is 1. The maximum Gasteiger partial charge on any atom is 0.178 e. The van der Waals surface area contributed by atoms with Crippen molar-refractivity contribution in [1.29, 1.82) is 0 Å². The molecule has 1 unspecified atom stereocenters. The zero-order valence-corrected chi connectivity index (χ0v) is 10.6. The fraction of sp³-hybridized carbons (Fsp3) is 0.636. The van der Waals surface area contributed by atoms with Gasteiger partial charge in [0.1, 0.15) is 16.8 Å². The van der Waals surface area contributed by atoms with Gasteiger partial charge in [0.25, 0.3) is 0 Å². The van der Waals surface area contributed by atoms with E-state index >= 15 is 0 Å². The maximum atomic E-state index is 11.1. The second kappa shape index (κ2) is 4.41. The van der Waals surface area contributed by atoms with Gasteiger partial charge in [-0.2, -0.15) is 0 Å². The van der Waals surface area contributed by atoms with E-state index in [0.29, 0.717) is 5.69 Å². The molecule has 84 valence electrons. The number of methoxy groups -OCH3 is 1. The first-order valence-electron chi connectivity index (χ1n) is 4.85. The molecular weight excluding hydrogens is 210 g/mol. The second-order valence-corrected chi connectivity index (χ2v) is 5.50. The summed E-state index contributed by atoms with van der Waals surface area (Å²) in [6.45, 7) is 7.81. The Morgan fingerprint density at radius 2 is 2.13 bits per heavy atom. The molecule has 0 saturated carbocycles. The molecule has 0 saturated heterocycles. The van der Waals surface area contributed by atoms with E-state index < -0.39 is 0 Å². The Balaban J connectivity index is 2.98. The van der Waals surface area contributed by atoms with Crippen molar-refractivity contribution in [3.63, 3.8) is 0 Å². The summed E-state index contributed by atoms with van der Waals surface area (Å²) in [5.74, 6) is 0.00117. The monoisotopic (exact) mass is 227 g/mol. The number of carbonyl (C=O) groups excluding carboxylic acids is 1. The quantitative estimate of drug-likeness (QED) is 0.745. The molecule has 1 aromatic rings. The van der Waals surface area contributed by atoms with Crippen molar-refractivity contribution in [3.8, 4) is 0 Å². The van der Waals surface area contributed by atoms with Gasteiger partial charge in [-0.15, -0.1) is 11.3 Å². The van der Waals surface area contributed by atoms with E-state index in [1.54, 1.807) is 12.5 Å². The van der Waals surface area contributed by atoms with E-state index in [1.807, 2.05) is 0 Å². The molecule has 0 bridgehead atoms. The van der Waals surface area contributed by atoms with Crippen molar-refractivity contribution < 1.29 is 9.53 Å². The molecule has 1 heterocycles. The number of ketones is 1. The summed E-state index contributed by atoms with van der Waals surface area (Å²) in [4.78, 5) is 15.4. The van der Waals surface area contributed by atoms with E-state index in [4.69, 9.17) is 4.74 Å². The number of nitrogens with zero attached hydrogens (tertiary/aromatic N) is 1. The number of Topliss-reactive ketones (excluding diaryl/α,β-unsaturated/α-hetero) is 1. The maximum absolute atomic E-state index is 11.1. The van der Waals surface area contributed by atoms with Crippen LogP contribution in [0.1, 0.15) is 49.3 Å². The van der Waals surface area contributed by atoms with Crippen LogP contribution in [0.5, 0.6) is 0 Å². The van der Waals surface area contributed by atoms with Gasteiger partial charge in [0, 0.05) is 19.4 Å². The minimum Gasteiger partial charge on any atom is -0.374 e. The standard InChI is InChI=1S/C11H17NO2S/c1-7(13)8-6-15-10(12-8)9(14-5)11(2,3)4/h6,9H,1-5H3. The van der Waals surface area contributed by atoms with Gasteiger partial charge in [-0.3, -0.25) is 4.79 Å². The minimum atomic E-state index is -0.0596. The molecule has 15 heavy (non-hydrogen) atoms. The largest absolute Gasteiger partial charge is 0.374 e. The molecular formula is C11H17NO2S. The molecule has 0 aliphatic rings. The van der Waals surface area contributed by atoms with E-state index in [9.17, 15) is 4.79 Å². The summed E-state index contributed by atoms with van der Waals surface area (Å²) in [7, 11) is 1.67. The summed E-state index contributed by atoms with van der Waals surface area (Å²) in [5, 5.41) is 2.66. The van der Waals surface area contributed by atoms with Crippen molar-refractivity contribution in [1.82, 2.24) is 4.98 Å². The average molecular weight is 227 g/mol. The predicted molar refractivity (Wildman–Crippen MR) is 61.3 cm³/mol. The smallest absolute Gasteiger partial charge is 0.178 e. The molecule has 0 spiro atoms. The van der Waals surface area contributed by atoms with E-state index in [2.05, 4.69) is 25.8 Å². The van der Waals surface area contributed by atoms with Gasteiger partial charge in [-0.25, -0.2) is 4.98 Å². The Bertz CT molecular complexity index is 352. The molecule has 1 atom stereocenters. The lowest BCUT2D eigenvalue weighted by Gasteiger charge is -2.27. The van der Waals surface area contributed by atoms with Crippen LogP contribution in [0.3, 0.4) is 0 Å². The van der Waals surface area contributed by atoms with Gasteiger partial charge in [-0.05, 0) is 5.41 Å². The van der Waals surface area contributed by atoms with Crippen LogP contribution in [0.25, 0.3) is 0 Å². The topological polar surface area (TPSA) is 39.2 Å². The molecule has 0 radical (unpaired) electrons. The van der Waals surface area contributed by atoms with Crippen molar-refractivity contribution in [2.75, 3.05) is 7.11 Å². The number of ether oxygens (including phenoxy) is 1. The predicted octanol–water partition coefficient (Wildman–Crippen LogP) is 3.08. The fourth-order valence-electron chi connectivity index (χ4n) is 1.39. The van der Waals surface area contributed by atoms with Crippen LogP contribution in [0.4, 0.5) is 0 Å². The van der Waals surface area contributed by atoms with Crippen LogP contribution in [-0.4, -0.2) is 17.9 Å². The summed E-state index contributed by atoms with van der Waals surface area (Å²) in [5.41, 5.74) is 0.516. The molecule has 0 aromatic carbocycles. The molecule has 3 nitrogen and oxygen atoms in total. The Morgan fingerprint density at radius 1 is 1.53 bits per heavy atom. The van der Waals surface area contributed by atoms with Crippen LogP contribution in [-0.2, 0) is 4.74 Å². The van der Waals surface area contributed by atoms with Crippen LogP contribution >= 0.6 is 11.3 Å². The average Bonchev–Trinajstić information content (AvgIpc) is 2.51. The normalized spacial score (nSPS) is 13.9. The van der Waals surface area contributed by atoms with Gasteiger partial charge < -0.3 is 4.74 Å². The number of carbonyl (C=O) groups is 1. The van der Waals surface area contributed by atoms with Crippen LogP contribution in [0, 0.1) is 5.41 Å². The third-order valence-corrected chi connectivity index (χ3v) is 3.02. The summed E-state index contributed by atoms with van der Waals surface area (Å²) in [6.07, 6.45) is -0.0596. The van der Waals surface area contributed by atoms with Crippen LogP contribution < -0.4 is 0 Å². The first-order valence-corrected chi connectivity index (χ1v) is 5.73. The molecule has 0 aliphatic heterocycles. The lowest BCUT2D eigenvalue weighted by Crippen LogP contribution is -2.20. The first-order chi connectivity index (χ1) is 6.86. The third-order valence-electron chi connectivity index (χ3n) is 2.13. The highest BCUT2D eigenvalue weighted by molar-refractivity contribution is 7.09. The Kier molecular flexibility index (Phi) is 3.62. The minimum absolute atomic E-state index is 0.00117. The Hall–Kier alpha value is -0.740. The first kappa shape index (κ1) is 12.3. The third kappa shape index (κ3) is 2.86. The van der Waals surface area contributed by atoms with Crippen LogP contribution in [0.15, 0.2) is 5.38 Å². The zero-order chi connectivity index (χ0) is 11.6. The summed E-state index contributed by atoms with van der Waals surface area (Å²) >= 11 is 1.48. The molecule has 0 N–H and O–H groups in total. The van der Waals surface area contributed by atoms with Gasteiger partial charge >= 0.3 is 0 Å². The Labute approximate surface area is 94.5 Å². The van der Waals surface area contributed by atoms with Gasteiger partial charge in [0.15, 0.2) is 5.78 Å². The highest BCUT2D eigenvalue weighted by atomic mass is 32.1. The van der Waals surface area contributed by atoms with E-state index in [1.165, 1.54) is 18.3 Å². The molecule has 0 fully saturated rings. The summed E-state index contributed by atoms with van der Waals surface area (Å²) in [6, 6.07) is 0. The highest BCUT2D eigenvalue weighted by Gasteiger charge is 2.29. The van der Waals surface area contributed by atoms with Gasteiger partial charge in [-0.1, -0.05) is 20.8 Å². The van der Waals surface area contributed by atoms with Gasteiger partial charge in [0.2, 0.25) is 0 Å². The lowest BCUT2D eigenvalue weighted by molar-refractivity contribution is 0.0150. The van der Waals surface area contributed by atoms with E-state index in [-0.39, 0.29) is 17.3 Å². The van der Waals surface area contributed by atoms with E-state index in [0.717, 1.165) is 5.01 Å². The van der Waals surface area contributed by atoms with Crippen molar-refractivity contribution in [3.05, 3.63) is 16.1 Å². The van der Waals surface area contributed by atoms with Crippen LogP contribution in [0.2, 0.25) is 0 Å². The fourth-order valence-corrected chi connectivity index (χ4v) is 2.57. The van der Waals surface area contributed by atoms with Crippen molar-refractivity contribution in [2.24, 2.45) is 5.41 Å². The van der Waals surface area contributed by atoms with Crippen molar-refractivity contribution in [2.45, 2.75) is 33.8 Å². The Morgan fingerprint density at radius 3 is 2.47 bits per heavy atom. The van der Waals surface area contributed by atoms with Crippen molar-refractivity contribution >= 4 is 17.1 Å². The molecule has 0 aliphatic carbocycles. The molecule has 1 rings (SSSR count). The molecule has 1 aromatic heterocycles. The lowest BCUT2D eigenvalue weighted by atomic mass is 9.89. The number of thiazole rings is 1. The molecule has 4 heteroatoms. The number of hydrogen-bond acceptors (Lipinski definition) is 4. The van der Waals surface area contributed by atoms with Gasteiger partial charge in [0.05, 0.1) is 0 Å². The zero-order valence-electron chi connectivity index (χ0n) is 9.83. The summed E-state index contributed by atoms with van der Waals surface area (Å²) < 4.78 is 5.43. The second-order valence-electron chi connectivity index (χ2n) is 4.61.